The minimum Gasteiger partial charge on any atom is -0.348 e. The molecule has 1 unspecified atom stereocenters. The first kappa shape index (κ1) is 16.9. The fourth-order valence-corrected chi connectivity index (χ4v) is 2.75. The van der Waals surface area contributed by atoms with Crippen LogP contribution in [-0.4, -0.2) is 11.9 Å². The van der Waals surface area contributed by atoms with E-state index in [1.54, 1.807) is 25.1 Å². The molecule has 3 nitrogen and oxygen atoms in total. The molecule has 0 bridgehead atoms. The monoisotopic (exact) mass is 300 g/mol. The van der Waals surface area contributed by atoms with Gasteiger partial charge in [0.2, 0.25) is 5.91 Å². The van der Waals surface area contributed by atoms with E-state index in [4.69, 9.17) is 5.73 Å². The Kier molecular flexibility index (Phi) is 6.43. The van der Waals surface area contributed by atoms with Gasteiger partial charge >= 0.3 is 0 Å². The summed E-state index contributed by atoms with van der Waals surface area (Å²) in [4.78, 5) is 11.8. The van der Waals surface area contributed by atoms with Crippen molar-refractivity contribution in [2.45, 2.75) is 44.7 Å². The van der Waals surface area contributed by atoms with Crippen molar-refractivity contribution in [1.29, 1.82) is 0 Å². The highest BCUT2D eigenvalue weighted by Crippen LogP contribution is 2.36. The molecule has 0 radical (unpaired) electrons. The highest BCUT2D eigenvalue weighted by molar-refractivity contribution is 5.85. The summed E-state index contributed by atoms with van der Waals surface area (Å²) in [5, 5.41) is 2.91. The molecule has 2 rings (SSSR count). The van der Waals surface area contributed by atoms with Crippen LogP contribution in [0.5, 0.6) is 0 Å². The topological polar surface area (TPSA) is 55.1 Å². The third-order valence-electron chi connectivity index (χ3n) is 3.82. The number of nitrogens with one attached hydrogen (secondary N) is 1. The zero-order valence-electron chi connectivity index (χ0n) is 11.6. The minimum atomic E-state index is -0.573. The van der Waals surface area contributed by atoms with Crippen molar-refractivity contribution in [2.24, 2.45) is 11.7 Å². The molecule has 1 aromatic rings. The van der Waals surface area contributed by atoms with Gasteiger partial charge in [0.25, 0.3) is 0 Å². The fraction of sp³-hybridized carbons (Fsp3) is 0.533. The van der Waals surface area contributed by atoms with E-state index in [2.05, 4.69) is 5.32 Å². The van der Waals surface area contributed by atoms with Crippen molar-refractivity contribution in [2.75, 3.05) is 0 Å². The van der Waals surface area contributed by atoms with E-state index >= 15 is 0 Å². The maximum atomic E-state index is 14.0. The van der Waals surface area contributed by atoms with Crippen LogP contribution in [0.15, 0.2) is 24.3 Å². The molecule has 0 spiro atoms. The summed E-state index contributed by atoms with van der Waals surface area (Å²) in [6, 6.07) is 5.82. The van der Waals surface area contributed by atoms with E-state index in [1.165, 1.54) is 6.07 Å². The van der Waals surface area contributed by atoms with Gasteiger partial charge in [-0.1, -0.05) is 31.0 Å². The SMILES string of the molecule is C[C@H](N)C(=O)NC(c1ccccc1F)C1CCCC1.Cl. The largest absolute Gasteiger partial charge is 0.348 e. The molecule has 1 aliphatic carbocycles. The van der Waals surface area contributed by atoms with Crippen LogP contribution < -0.4 is 11.1 Å². The quantitative estimate of drug-likeness (QED) is 0.898. The average molecular weight is 301 g/mol. The van der Waals surface area contributed by atoms with Crippen LogP contribution in [0, 0.1) is 11.7 Å². The van der Waals surface area contributed by atoms with E-state index in [9.17, 15) is 9.18 Å². The lowest BCUT2D eigenvalue weighted by Gasteiger charge is -2.26. The van der Waals surface area contributed by atoms with Gasteiger partial charge in [-0.15, -0.1) is 12.4 Å². The lowest BCUT2D eigenvalue weighted by Crippen LogP contribution is -2.42. The van der Waals surface area contributed by atoms with Crippen molar-refractivity contribution < 1.29 is 9.18 Å². The van der Waals surface area contributed by atoms with E-state index < -0.39 is 6.04 Å². The third kappa shape index (κ3) is 3.93. The van der Waals surface area contributed by atoms with E-state index in [-0.39, 0.29) is 30.2 Å². The molecule has 1 amide bonds. The van der Waals surface area contributed by atoms with Gasteiger partial charge in [0.15, 0.2) is 0 Å². The summed E-state index contributed by atoms with van der Waals surface area (Å²) in [5.41, 5.74) is 6.17. The molecule has 0 aliphatic heterocycles. The predicted molar refractivity (Wildman–Crippen MR) is 80.1 cm³/mol. The molecule has 3 N–H and O–H groups in total. The fourth-order valence-electron chi connectivity index (χ4n) is 2.75. The third-order valence-corrected chi connectivity index (χ3v) is 3.82. The molecule has 5 heteroatoms. The minimum absolute atomic E-state index is 0. The molecule has 0 aromatic heterocycles. The van der Waals surface area contributed by atoms with Gasteiger partial charge in [0, 0.05) is 5.56 Å². The first-order chi connectivity index (χ1) is 9.09. The number of nitrogens with two attached hydrogens (primary N) is 1. The van der Waals surface area contributed by atoms with Crippen molar-refractivity contribution in [3.8, 4) is 0 Å². The molecule has 1 fully saturated rings. The molecule has 1 aromatic carbocycles. The lowest BCUT2D eigenvalue weighted by molar-refractivity contribution is -0.123. The second-order valence-corrected chi connectivity index (χ2v) is 5.34. The molecular weight excluding hydrogens is 279 g/mol. The normalized spacial score (nSPS) is 18.1. The second kappa shape index (κ2) is 7.60. The van der Waals surface area contributed by atoms with Crippen LogP contribution in [0.1, 0.15) is 44.2 Å². The Morgan fingerprint density at radius 2 is 1.95 bits per heavy atom. The maximum absolute atomic E-state index is 14.0. The summed E-state index contributed by atoms with van der Waals surface area (Å²) in [5.74, 6) is -0.177. The van der Waals surface area contributed by atoms with Crippen LogP contribution in [0.2, 0.25) is 0 Å². The number of amides is 1. The number of hydrogen-bond donors (Lipinski definition) is 2. The van der Waals surface area contributed by atoms with E-state index in [0.717, 1.165) is 25.7 Å². The average Bonchev–Trinajstić information content (AvgIpc) is 2.90. The van der Waals surface area contributed by atoms with Crippen LogP contribution in [0.25, 0.3) is 0 Å². The Labute approximate surface area is 125 Å². The van der Waals surface area contributed by atoms with E-state index in [1.807, 2.05) is 0 Å². The zero-order chi connectivity index (χ0) is 13.8. The van der Waals surface area contributed by atoms with Gasteiger partial charge in [-0.3, -0.25) is 4.79 Å². The number of carbonyl (C=O) groups is 1. The van der Waals surface area contributed by atoms with Gasteiger partial charge in [-0.05, 0) is 31.7 Å². The summed E-state index contributed by atoms with van der Waals surface area (Å²) in [7, 11) is 0. The molecular formula is C15H22ClFN2O. The second-order valence-electron chi connectivity index (χ2n) is 5.34. The standard InChI is InChI=1S/C15H21FN2O.ClH/c1-10(17)15(19)18-14(11-6-2-3-7-11)12-8-4-5-9-13(12)16;/h4-5,8-11,14H,2-3,6-7,17H2,1H3,(H,18,19);1H/t10-,14?;/m0./s1. The predicted octanol–water partition coefficient (Wildman–Crippen LogP) is 2.94. The van der Waals surface area contributed by atoms with Gasteiger partial charge in [-0.2, -0.15) is 0 Å². The zero-order valence-corrected chi connectivity index (χ0v) is 12.5. The Bertz CT molecular complexity index is 447. The number of carbonyl (C=O) groups excluding carboxylic acids is 1. The van der Waals surface area contributed by atoms with Crippen molar-refractivity contribution in [3.63, 3.8) is 0 Å². The number of hydrogen-bond acceptors (Lipinski definition) is 2. The van der Waals surface area contributed by atoms with Crippen molar-refractivity contribution >= 4 is 18.3 Å². The van der Waals surface area contributed by atoms with Crippen LogP contribution in [0.4, 0.5) is 4.39 Å². The van der Waals surface area contributed by atoms with Crippen molar-refractivity contribution in [1.82, 2.24) is 5.32 Å². The molecule has 112 valence electrons. The lowest BCUT2D eigenvalue weighted by atomic mass is 9.91. The highest BCUT2D eigenvalue weighted by atomic mass is 35.5. The number of benzene rings is 1. The van der Waals surface area contributed by atoms with Crippen LogP contribution >= 0.6 is 12.4 Å². The summed E-state index contributed by atoms with van der Waals surface area (Å²) in [6.45, 7) is 1.64. The van der Waals surface area contributed by atoms with Gasteiger partial charge in [-0.25, -0.2) is 4.39 Å². The summed E-state index contributed by atoms with van der Waals surface area (Å²) in [6.07, 6.45) is 4.34. The van der Waals surface area contributed by atoms with Gasteiger partial charge < -0.3 is 11.1 Å². The summed E-state index contributed by atoms with van der Waals surface area (Å²) >= 11 is 0. The number of rotatable bonds is 4. The molecule has 1 saturated carbocycles. The molecule has 2 atom stereocenters. The molecule has 0 heterocycles. The van der Waals surface area contributed by atoms with Gasteiger partial charge in [0.1, 0.15) is 5.82 Å². The molecule has 20 heavy (non-hydrogen) atoms. The Hall–Kier alpha value is -1.13. The Balaban J connectivity index is 0.00000200. The first-order valence-electron chi connectivity index (χ1n) is 6.90. The van der Waals surface area contributed by atoms with Crippen LogP contribution in [0.3, 0.4) is 0 Å². The molecule has 1 aliphatic rings. The molecule has 0 saturated heterocycles. The number of halogens is 2. The smallest absolute Gasteiger partial charge is 0.237 e. The maximum Gasteiger partial charge on any atom is 0.237 e. The first-order valence-corrected chi connectivity index (χ1v) is 6.90. The highest BCUT2D eigenvalue weighted by Gasteiger charge is 2.29. The van der Waals surface area contributed by atoms with E-state index in [0.29, 0.717) is 11.5 Å². The Morgan fingerprint density at radius 3 is 2.50 bits per heavy atom. The van der Waals surface area contributed by atoms with Crippen LogP contribution in [-0.2, 0) is 4.79 Å². The van der Waals surface area contributed by atoms with Crippen molar-refractivity contribution in [3.05, 3.63) is 35.6 Å². The Morgan fingerprint density at radius 1 is 1.35 bits per heavy atom. The summed E-state index contributed by atoms with van der Waals surface area (Å²) < 4.78 is 14.0. The van der Waals surface area contributed by atoms with Gasteiger partial charge in [0.05, 0.1) is 12.1 Å².